The second-order valence-corrected chi connectivity index (χ2v) is 6.73. The van der Waals surface area contributed by atoms with E-state index in [4.69, 9.17) is 4.74 Å². The van der Waals surface area contributed by atoms with E-state index in [-0.39, 0.29) is 24.3 Å². The molecule has 0 aromatic heterocycles. The van der Waals surface area contributed by atoms with Crippen molar-refractivity contribution >= 4 is 17.5 Å². The zero-order valence-corrected chi connectivity index (χ0v) is 15.8. The highest BCUT2D eigenvalue weighted by Crippen LogP contribution is 2.16. The molecule has 2 N–H and O–H groups in total. The quantitative estimate of drug-likeness (QED) is 0.798. The van der Waals surface area contributed by atoms with Crippen LogP contribution in [0.25, 0.3) is 0 Å². The van der Waals surface area contributed by atoms with Crippen LogP contribution in [0.5, 0.6) is 5.75 Å². The molecule has 138 valence electrons. The smallest absolute Gasteiger partial charge is 0.258 e. The molecule has 0 unspecified atom stereocenters. The summed E-state index contributed by atoms with van der Waals surface area (Å²) in [5.74, 6) is 0.435. The lowest BCUT2D eigenvalue weighted by Crippen LogP contribution is -2.28. The molecule has 2 aromatic rings. The number of benzene rings is 2. The van der Waals surface area contributed by atoms with Gasteiger partial charge in [-0.15, -0.1) is 0 Å². The minimum absolute atomic E-state index is 0.0189. The van der Waals surface area contributed by atoms with Crippen LogP contribution in [0.15, 0.2) is 42.5 Å². The van der Waals surface area contributed by atoms with Crippen LogP contribution in [0.2, 0.25) is 0 Å². The molecular weight excluding hydrogens is 328 g/mol. The summed E-state index contributed by atoms with van der Waals surface area (Å²) >= 11 is 0. The van der Waals surface area contributed by atoms with Crippen molar-refractivity contribution in [1.82, 2.24) is 5.32 Å². The molecule has 2 aromatic carbocycles. The van der Waals surface area contributed by atoms with Crippen molar-refractivity contribution in [2.45, 2.75) is 34.2 Å². The number of carbonyl (C=O) groups excluding carboxylic acids is 2. The normalized spacial score (nSPS) is 10.5. The molecule has 0 aliphatic carbocycles. The highest BCUT2D eigenvalue weighted by Gasteiger charge is 2.07. The molecule has 0 aliphatic heterocycles. The van der Waals surface area contributed by atoms with Crippen molar-refractivity contribution in [3.63, 3.8) is 0 Å². The van der Waals surface area contributed by atoms with Crippen LogP contribution in [0.3, 0.4) is 0 Å². The first-order valence-electron chi connectivity index (χ1n) is 8.71. The van der Waals surface area contributed by atoms with Gasteiger partial charge in [-0.3, -0.25) is 9.59 Å². The summed E-state index contributed by atoms with van der Waals surface area (Å²) < 4.78 is 5.54. The molecule has 0 heterocycles. The molecule has 0 saturated carbocycles. The Kier molecular flexibility index (Phi) is 6.78. The Balaban J connectivity index is 1.79. The van der Waals surface area contributed by atoms with E-state index in [0.29, 0.717) is 12.3 Å². The van der Waals surface area contributed by atoms with Crippen molar-refractivity contribution in [2.75, 3.05) is 11.9 Å². The van der Waals surface area contributed by atoms with Gasteiger partial charge in [-0.1, -0.05) is 32.0 Å². The highest BCUT2D eigenvalue weighted by molar-refractivity contribution is 5.92. The lowest BCUT2D eigenvalue weighted by molar-refractivity contribution is -0.123. The second-order valence-electron chi connectivity index (χ2n) is 6.73. The second kappa shape index (κ2) is 9.04. The van der Waals surface area contributed by atoms with Crippen LogP contribution in [0.1, 0.15) is 30.5 Å². The van der Waals surface area contributed by atoms with Crippen LogP contribution >= 0.6 is 0 Å². The van der Waals surface area contributed by atoms with Crippen LogP contribution in [0, 0.1) is 19.8 Å². The van der Waals surface area contributed by atoms with E-state index in [1.165, 1.54) is 0 Å². The summed E-state index contributed by atoms with van der Waals surface area (Å²) in [5, 5.41) is 5.66. The van der Waals surface area contributed by atoms with E-state index in [2.05, 4.69) is 16.7 Å². The summed E-state index contributed by atoms with van der Waals surface area (Å²) in [7, 11) is 0. The number of ether oxygens (including phenoxy) is 1. The molecule has 2 amide bonds. The number of carbonyl (C=O) groups is 2. The Morgan fingerprint density at radius 1 is 1.00 bits per heavy atom. The molecule has 0 radical (unpaired) electrons. The maximum atomic E-state index is 12.0. The fraction of sp³-hybridized carbons (Fsp3) is 0.333. The number of anilines is 1. The predicted octanol–water partition coefficient (Wildman–Crippen LogP) is 3.59. The van der Waals surface area contributed by atoms with E-state index in [1.807, 2.05) is 64.1 Å². The topological polar surface area (TPSA) is 67.4 Å². The Morgan fingerprint density at radius 3 is 2.19 bits per heavy atom. The van der Waals surface area contributed by atoms with Gasteiger partial charge >= 0.3 is 0 Å². The van der Waals surface area contributed by atoms with Crippen molar-refractivity contribution in [3.8, 4) is 5.75 Å². The molecule has 0 aliphatic rings. The first-order valence-corrected chi connectivity index (χ1v) is 8.71. The van der Waals surface area contributed by atoms with Crippen molar-refractivity contribution < 1.29 is 14.3 Å². The van der Waals surface area contributed by atoms with Gasteiger partial charge in [0.15, 0.2) is 6.61 Å². The van der Waals surface area contributed by atoms with Crippen LogP contribution in [-0.4, -0.2) is 18.4 Å². The molecule has 26 heavy (non-hydrogen) atoms. The first kappa shape index (κ1) is 19.5. The van der Waals surface area contributed by atoms with Gasteiger partial charge in [-0.25, -0.2) is 0 Å². The van der Waals surface area contributed by atoms with E-state index >= 15 is 0 Å². The van der Waals surface area contributed by atoms with Gasteiger partial charge in [0.05, 0.1) is 0 Å². The number of nitrogens with one attached hydrogen (secondary N) is 2. The van der Waals surface area contributed by atoms with Crippen LogP contribution < -0.4 is 15.4 Å². The minimum atomic E-state index is -0.179. The molecule has 5 heteroatoms. The number of rotatable bonds is 7. The zero-order valence-electron chi connectivity index (χ0n) is 15.8. The largest absolute Gasteiger partial charge is 0.484 e. The fourth-order valence-electron chi connectivity index (χ4n) is 2.41. The van der Waals surface area contributed by atoms with Gasteiger partial charge in [0, 0.05) is 18.2 Å². The number of hydrogen-bond donors (Lipinski definition) is 2. The Morgan fingerprint density at radius 2 is 1.62 bits per heavy atom. The van der Waals surface area contributed by atoms with Gasteiger partial charge in [-0.05, 0) is 54.8 Å². The number of aryl methyl sites for hydroxylation is 2. The molecule has 0 saturated heterocycles. The molecule has 0 bridgehead atoms. The minimum Gasteiger partial charge on any atom is -0.484 e. The molecule has 0 spiro atoms. The Bertz CT molecular complexity index is 747. The Labute approximate surface area is 154 Å². The monoisotopic (exact) mass is 354 g/mol. The van der Waals surface area contributed by atoms with Crippen molar-refractivity contribution in [1.29, 1.82) is 0 Å². The lowest BCUT2D eigenvalue weighted by Gasteiger charge is -2.10. The fourth-order valence-corrected chi connectivity index (χ4v) is 2.41. The molecule has 0 atom stereocenters. The van der Waals surface area contributed by atoms with E-state index in [1.54, 1.807) is 0 Å². The van der Waals surface area contributed by atoms with Gasteiger partial charge in [-0.2, -0.15) is 0 Å². The maximum Gasteiger partial charge on any atom is 0.258 e. The average Bonchev–Trinajstić information content (AvgIpc) is 2.58. The molecule has 5 nitrogen and oxygen atoms in total. The SMILES string of the molecule is Cc1cc(C)cc(OCC(=O)NCc2ccc(NC(=O)C(C)C)cc2)c1. The summed E-state index contributed by atoms with van der Waals surface area (Å²) in [6.45, 7) is 8.07. The maximum absolute atomic E-state index is 12.0. The van der Waals surface area contributed by atoms with Gasteiger partial charge in [0.1, 0.15) is 5.75 Å². The third-order valence-electron chi connectivity index (χ3n) is 3.80. The molecule has 2 rings (SSSR count). The third kappa shape index (κ3) is 6.24. The first-order chi connectivity index (χ1) is 12.3. The Hall–Kier alpha value is -2.82. The standard InChI is InChI=1S/C21H26N2O3/c1-14(2)21(25)23-18-7-5-17(6-8-18)12-22-20(24)13-26-19-10-15(3)9-16(4)11-19/h5-11,14H,12-13H2,1-4H3,(H,22,24)(H,23,25). The molecular formula is C21H26N2O3. The van der Waals surface area contributed by atoms with Gasteiger partial charge in [0.2, 0.25) is 5.91 Å². The van der Waals surface area contributed by atoms with Crippen molar-refractivity contribution in [2.24, 2.45) is 5.92 Å². The number of hydrogen-bond acceptors (Lipinski definition) is 3. The highest BCUT2D eigenvalue weighted by atomic mass is 16.5. The summed E-state index contributed by atoms with van der Waals surface area (Å²) in [5.41, 5.74) is 3.90. The van der Waals surface area contributed by atoms with E-state index < -0.39 is 0 Å². The predicted molar refractivity (Wildman–Crippen MR) is 103 cm³/mol. The van der Waals surface area contributed by atoms with Crippen molar-refractivity contribution in [3.05, 3.63) is 59.2 Å². The average molecular weight is 354 g/mol. The van der Waals surface area contributed by atoms with Gasteiger partial charge < -0.3 is 15.4 Å². The lowest BCUT2D eigenvalue weighted by atomic mass is 10.1. The summed E-state index contributed by atoms with van der Waals surface area (Å²) in [6.07, 6.45) is 0. The zero-order chi connectivity index (χ0) is 19.1. The van der Waals surface area contributed by atoms with E-state index in [9.17, 15) is 9.59 Å². The van der Waals surface area contributed by atoms with E-state index in [0.717, 1.165) is 22.4 Å². The van der Waals surface area contributed by atoms with Crippen LogP contribution in [0.4, 0.5) is 5.69 Å². The molecule has 0 fully saturated rings. The third-order valence-corrected chi connectivity index (χ3v) is 3.80. The van der Waals surface area contributed by atoms with Gasteiger partial charge in [0.25, 0.3) is 5.91 Å². The number of amides is 2. The summed E-state index contributed by atoms with van der Waals surface area (Å²) in [4.78, 5) is 23.6. The summed E-state index contributed by atoms with van der Waals surface area (Å²) in [6, 6.07) is 13.3. The van der Waals surface area contributed by atoms with Crippen LogP contribution in [-0.2, 0) is 16.1 Å².